The monoisotopic (exact) mass is 1040 g/mol. The van der Waals surface area contributed by atoms with Gasteiger partial charge in [0.15, 0.2) is 0 Å². The van der Waals surface area contributed by atoms with Gasteiger partial charge in [0.2, 0.25) is 0 Å². The Hall–Kier alpha value is -6.16. The van der Waals surface area contributed by atoms with Crippen molar-refractivity contribution in [2.24, 2.45) is 0 Å². The summed E-state index contributed by atoms with van der Waals surface area (Å²) < 4.78 is 0. The van der Waals surface area contributed by atoms with Crippen LogP contribution in [0.25, 0.3) is 44.5 Å². The summed E-state index contributed by atoms with van der Waals surface area (Å²) in [5.41, 5.74) is 18.5. The van der Waals surface area contributed by atoms with E-state index in [-0.39, 0.29) is 70.2 Å². The number of carbonyl (C=O) groups excluding carboxylic acids is 2. The Bertz CT molecular complexity index is 3210. The molecule has 0 bridgehead atoms. The van der Waals surface area contributed by atoms with Gasteiger partial charge < -0.3 is 19.8 Å². The predicted molar refractivity (Wildman–Crippen MR) is 306 cm³/mol. The van der Waals surface area contributed by atoms with Crippen LogP contribution in [-0.4, -0.2) is 21.7 Å². The van der Waals surface area contributed by atoms with Crippen LogP contribution in [0.4, 0.5) is 0 Å². The van der Waals surface area contributed by atoms with E-state index in [4.69, 9.17) is 0 Å². The summed E-state index contributed by atoms with van der Waals surface area (Å²) >= 11 is 0. The standard InChI is InChI=1S/C70H68N2O4.2Na/c1-47(2)65-40-66(48(3)4)60(46-72(42-52-17-11-8-12-18-52)44-54-29-37-58(38-30-54)64-22-14-20-62(68(64)70(75)76)56-33-25-50(6)26-34-56)39-59(65)45-71(41-51-15-9-7-10-16-51)43-53-27-35-57(36-28-53)63-21-13-19-61(67(63)69(73)74)55-31-23-49(5)24-32-55;;/h7-40,47-48H,41-46H2,1-6H3,(H,73,74)(H,75,76);;/q;2*+1/p-2. The summed E-state index contributed by atoms with van der Waals surface area (Å²) in [6.07, 6.45) is 0. The first-order valence-corrected chi connectivity index (χ1v) is 26.5. The number of hydrogen-bond acceptors (Lipinski definition) is 6. The van der Waals surface area contributed by atoms with Crippen LogP contribution < -0.4 is 69.3 Å². The summed E-state index contributed by atoms with van der Waals surface area (Å²) in [5.74, 6) is -1.81. The zero-order valence-electron chi connectivity index (χ0n) is 46.6. The van der Waals surface area contributed by atoms with Crippen LogP contribution in [-0.2, 0) is 39.3 Å². The van der Waals surface area contributed by atoms with Gasteiger partial charge in [-0.2, -0.15) is 0 Å². The van der Waals surface area contributed by atoms with Crippen molar-refractivity contribution >= 4 is 11.9 Å². The fourth-order valence-electron chi connectivity index (χ4n) is 10.6. The zero-order valence-corrected chi connectivity index (χ0v) is 50.6. The molecule has 0 N–H and O–H groups in total. The molecule has 0 aromatic heterocycles. The third-order valence-electron chi connectivity index (χ3n) is 14.5. The molecule has 382 valence electrons. The number of nitrogens with zero attached hydrogens (tertiary/aromatic N) is 2. The Labute approximate surface area is 506 Å². The van der Waals surface area contributed by atoms with Crippen LogP contribution >= 0.6 is 0 Å². The molecular weight excluding hydrogens is 979 g/mol. The summed E-state index contributed by atoms with van der Waals surface area (Å²) in [5, 5.41) is 25.6. The molecule has 0 unspecified atom stereocenters. The molecule has 6 nitrogen and oxygen atoms in total. The predicted octanol–water partition coefficient (Wildman–Crippen LogP) is 8.36. The van der Waals surface area contributed by atoms with Crippen molar-refractivity contribution < 1.29 is 78.9 Å². The van der Waals surface area contributed by atoms with Crippen molar-refractivity contribution in [1.82, 2.24) is 9.80 Å². The second-order valence-electron chi connectivity index (χ2n) is 21.0. The number of rotatable bonds is 20. The number of carboxylic acid groups (broad SMARTS) is 2. The van der Waals surface area contributed by atoms with Crippen LogP contribution in [0.15, 0.2) is 206 Å². The van der Waals surface area contributed by atoms with Gasteiger partial charge in [-0.15, -0.1) is 0 Å². The average Bonchev–Trinajstić information content (AvgIpc) is 3.46. The van der Waals surface area contributed by atoms with Gasteiger partial charge in [-0.1, -0.05) is 245 Å². The van der Waals surface area contributed by atoms with Crippen molar-refractivity contribution in [3.05, 3.63) is 273 Å². The maximum Gasteiger partial charge on any atom is 1.00 e. The number of benzene rings is 9. The zero-order chi connectivity index (χ0) is 53.3. The molecule has 9 aromatic rings. The van der Waals surface area contributed by atoms with E-state index in [9.17, 15) is 19.8 Å². The topological polar surface area (TPSA) is 86.7 Å². The molecule has 78 heavy (non-hydrogen) atoms. The van der Waals surface area contributed by atoms with Crippen molar-refractivity contribution in [3.8, 4) is 44.5 Å². The molecule has 0 heterocycles. The van der Waals surface area contributed by atoms with Crippen molar-refractivity contribution in [1.29, 1.82) is 0 Å². The van der Waals surface area contributed by atoms with Crippen LogP contribution in [0.3, 0.4) is 0 Å². The van der Waals surface area contributed by atoms with Gasteiger partial charge in [-0.25, -0.2) is 0 Å². The third-order valence-corrected chi connectivity index (χ3v) is 14.5. The van der Waals surface area contributed by atoms with E-state index in [0.29, 0.717) is 47.2 Å². The molecule has 0 spiro atoms. The smallest absolute Gasteiger partial charge is 0.545 e. The normalized spacial score (nSPS) is 11.2. The number of carbonyl (C=O) groups is 2. The first kappa shape index (κ1) is 59.5. The molecule has 0 fully saturated rings. The van der Waals surface area contributed by atoms with Crippen molar-refractivity contribution in [2.75, 3.05) is 0 Å². The van der Waals surface area contributed by atoms with Gasteiger partial charge >= 0.3 is 59.1 Å². The molecule has 9 aromatic carbocycles. The van der Waals surface area contributed by atoms with E-state index >= 15 is 0 Å². The van der Waals surface area contributed by atoms with E-state index in [0.717, 1.165) is 70.7 Å². The average molecular weight is 1050 g/mol. The van der Waals surface area contributed by atoms with Crippen LogP contribution in [0.2, 0.25) is 0 Å². The molecule has 8 heteroatoms. The Balaban J connectivity index is 0.00000441. The minimum atomic E-state index is -1.20. The van der Waals surface area contributed by atoms with Gasteiger partial charge in [0.25, 0.3) is 0 Å². The number of aromatic carboxylic acids is 2. The fraction of sp³-hybridized carbons (Fsp3) is 0.200. The van der Waals surface area contributed by atoms with E-state index in [1.165, 1.54) is 33.4 Å². The summed E-state index contributed by atoms with van der Waals surface area (Å²) in [7, 11) is 0. The van der Waals surface area contributed by atoms with E-state index in [2.05, 4.69) is 135 Å². The minimum Gasteiger partial charge on any atom is -0.545 e. The molecule has 9 rings (SSSR count). The van der Waals surface area contributed by atoms with Crippen LogP contribution in [0, 0.1) is 13.8 Å². The maximum absolute atomic E-state index is 12.8. The van der Waals surface area contributed by atoms with Crippen LogP contribution in [0.1, 0.15) is 116 Å². The number of aryl methyl sites for hydroxylation is 2. The van der Waals surface area contributed by atoms with E-state index < -0.39 is 11.9 Å². The molecule has 0 radical (unpaired) electrons. The summed E-state index contributed by atoms with van der Waals surface area (Å²) in [6.45, 7) is 17.5. The maximum atomic E-state index is 12.8. The SMILES string of the molecule is Cc1ccc(-c2cccc(-c3ccc(CN(Cc4ccccc4)Cc4cc(CN(Cc5ccccc5)Cc5ccc(-c6cccc(-c7ccc(C)cc7)c6C(=O)[O-])cc5)c(C(C)C)cc4C(C)C)cc3)c2C(=O)[O-])cc1.[Na+].[Na+]. The summed E-state index contributed by atoms with van der Waals surface area (Å²) in [4.78, 5) is 30.6. The molecule has 0 saturated heterocycles. The second kappa shape index (κ2) is 27.6. The fourth-order valence-corrected chi connectivity index (χ4v) is 10.6. The minimum absolute atomic E-state index is 0. The Morgan fingerprint density at radius 1 is 0.359 bits per heavy atom. The Morgan fingerprint density at radius 3 is 0.923 bits per heavy atom. The molecular formula is C70H66N2Na2O4. The quantitative estimate of drug-likeness (QED) is 0.0715. The molecule has 0 aliphatic carbocycles. The Kier molecular flexibility index (Phi) is 21.1. The molecule has 0 aliphatic rings. The van der Waals surface area contributed by atoms with Gasteiger partial charge in [0, 0.05) is 50.4 Å². The molecule has 0 atom stereocenters. The van der Waals surface area contributed by atoms with E-state index in [1.54, 1.807) is 0 Å². The first-order valence-electron chi connectivity index (χ1n) is 26.5. The van der Waals surface area contributed by atoms with Gasteiger partial charge in [0.05, 0.1) is 11.9 Å². The van der Waals surface area contributed by atoms with Crippen LogP contribution in [0.5, 0.6) is 0 Å². The van der Waals surface area contributed by atoms with Crippen molar-refractivity contribution in [3.63, 3.8) is 0 Å². The number of carboxylic acids is 2. The number of hydrogen-bond donors (Lipinski definition) is 0. The molecule has 0 aliphatic heterocycles. The van der Waals surface area contributed by atoms with E-state index in [1.807, 2.05) is 123 Å². The molecule has 0 amide bonds. The Morgan fingerprint density at radius 2 is 0.641 bits per heavy atom. The first-order chi connectivity index (χ1) is 36.8. The van der Waals surface area contributed by atoms with Gasteiger partial charge in [-0.3, -0.25) is 9.80 Å². The summed E-state index contributed by atoms with van der Waals surface area (Å²) in [6, 6.07) is 70.0. The van der Waals surface area contributed by atoms with Crippen molar-refractivity contribution in [2.45, 2.75) is 92.6 Å². The van der Waals surface area contributed by atoms with Gasteiger partial charge in [-0.05, 0) is 115 Å². The second-order valence-corrected chi connectivity index (χ2v) is 21.0. The third kappa shape index (κ3) is 14.7. The van der Waals surface area contributed by atoms with Gasteiger partial charge in [0.1, 0.15) is 0 Å². The molecule has 0 saturated carbocycles. The largest absolute Gasteiger partial charge is 1.00 e.